The number of nitrogens with zero attached hydrogens (tertiary/aromatic N) is 4. The minimum Gasteiger partial charge on any atom is -0.294 e. The quantitative estimate of drug-likeness (QED) is 0.739. The van der Waals surface area contributed by atoms with Crippen molar-refractivity contribution < 1.29 is 0 Å². The van der Waals surface area contributed by atoms with Crippen molar-refractivity contribution in [2.24, 2.45) is 0 Å². The van der Waals surface area contributed by atoms with Crippen LogP contribution in [0.15, 0.2) is 35.1 Å². The van der Waals surface area contributed by atoms with Gasteiger partial charge in [-0.2, -0.15) is 9.61 Å². The van der Waals surface area contributed by atoms with Gasteiger partial charge in [-0.05, 0) is 33.4 Å². The van der Waals surface area contributed by atoms with Gasteiger partial charge in [-0.1, -0.05) is 41.2 Å². The maximum Gasteiger partial charge on any atom is 0.275 e. The summed E-state index contributed by atoms with van der Waals surface area (Å²) in [5.74, 6) is 0. The van der Waals surface area contributed by atoms with E-state index in [-0.39, 0.29) is 11.6 Å². The van der Waals surface area contributed by atoms with E-state index in [9.17, 15) is 4.79 Å². The van der Waals surface area contributed by atoms with Crippen molar-refractivity contribution in [2.75, 3.05) is 7.05 Å². The minimum absolute atomic E-state index is 0.120. The summed E-state index contributed by atoms with van der Waals surface area (Å²) in [4.78, 5) is 19.5. The summed E-state index contributed by atoms with van der Waals surface area (Å²) >= 11 is 1.44. The SMILES string of the molecule is Cc1ccc([C@@H](C)N(C)Cc2cc(=O)n3nc(C)sc3n2)cc1. The van der Waals surface area contributed by atoms with Crippen molar-refractivity contribution in [1.82, 2.24) is 19.5 Å². The minimum atomic E-state index is -0.120. The summed E-state index contributed by atoms with van der Waals surface area (Å²) < 4.78 is 1.37. The zero-order valence-electron chi connectivity index (χ0n) is 13.8. The second-order valence-electron chi connectivity index (χ2n) is 5.90. The molecule has 1 aromatic carbocycles. The highest BCUT2D eigenvalue weighted by molar-refractivity contribution is 7.16. The predicted molar refractivity (Wildman–Crippen MR) is 92.9 cm³/mol. The second-order valence-corrected chi connectivity index (χ2v) is 7.06. The summed E-state index contributed by atoms with van der Waals surface area (Å²) in [6.45, 7) is 6.75. The second kappa shape index (κ2) is 6.22. The van der Waals surface area contributed by atoms with Crippen molar-refractivity contribution >= 4 is 16.3 Å². The van der Waals surface area contributed by atoms with Crippen LogP contribution in [0.25, 0.3) is 4.96 Å². The number of rotatable bonds is 4. The number of benzene rings is 1. The average Bonchev–Trinajstić information content (AvgIpc) is 2.88. The van der Waals surface area contributed by atoms with E-state index < -0.39 is 0 Å². The zero-order chi connectivity index (χ0) is 16.6. The Hall–Kier alpha value is -2.05. The molecule has 0 fully saturated rings. The van der Waals surface area contributed by atoms with Crippen LogP contribution in [0.3, 0.4) is 0 Å². The zero-order valence-corrected chi connectivity index (χ0v) is 14.6. The Kier molecular flexibility index (Phi) is 4.28. The van der Waals surface area contributed by atoms with Gasteiger partial charge in [0.15, 0.2) is 0 Å². The summed E-state index contributed by atoms with van der Waals surface area (Å²) in [6, 6.07) is 10.4. The predicted octanol–water partition coefficient (Wildman–Crippen LogP) is 2.96. The standard InChI is InChI=1S/C17H20N4OS/c1-11-5-7-14(8-6-11)12(2)20(4)10-15-9-16(22)21-17(18-15)23-13(3)19-21/h5-9,12H,10H2,1-4H3/t12-/m1/s1. The van der Waals surface area contributed by atoms with E-state index in [0.717, 1.165) is 10.7 Å². The Bertz CT molecular complexity index is 882. The van der Waals surface area contributed by atoms with E-state index >= 15 is 0 Å². The molecule has 0 amide bonds. The number of fused-ring (bicyclic) bond motifs is 1. The van der Waals surface area contributed by atoms with Gasteiger partial charge in [0, 0.05) is 18.7 Å². The molecule has 0 aliphatic carbocycles. The molecular formula is C17H20N4OS. The van der Waals surface area contributed by atoms with Gasteiger partial charge in [0.1, 0.15) is 5.01 Å². The first kappa shape index (κ1) is 15.8. The highest BCUT2D eigenvalue weighted by Crippen LogP contribution is 2.21. The lowest BCUT2D eigenvalue weighted by atomic mass is 10.1. The van der Waals surface area contributed by atoms with E-state index in [1.807, 2.05) is 14.0 Å². The molecule has 0 saturated heterocycles. The maximum absolute atomic E-state index is 12.1. The highest BCUT2D eigenvalue weighted by Gasteiger charge is 2.14. The number of hydrogen-bond acceptors (Lipinski definition) is 5. The summed E-state index contributed by atoms with van der Waals surface area (Å²) in [6.07, 6.45) is 0. The lowest BCUT2D eigenvalue weighted by Crippen LogP contribution is -2.24. The smallest absolute Gasteiger partial charge is 0.275 e. The van der Waals surface area contributed by atoms with Crippen molar-refractivity contribution in [3.05, 3.63) is 62.5 Å². The summed E-state index contributed by atoms with van der Waals surface area (Å²) in [5, 5.41) is 5.01. The van der Waals surface area contributed by atoms with Gasteiger partial charge < -0.3 is 0 Å². The molecular weight excluding hydrogens is 308 g/mol. The normalized spacial score (nSPS) is 12.9. The van der Waals surface area contributed by atoms with Crippen LogP contribution < -0.4 is 5.56 Å². The first-order valence-corrected chi connectivity index (χ1v) is 8.39. The van der Waals surface area contributed by atoms with Gasteiger partial charge in [0.05, 0.1) is 5.69 Å². The molecule has 23 heavy (non-hydrogen) atoms. The Labute approximate surface area is 139 Å². The van der Waals surface area contributed by atoms with Crippen LogP contribution in [0.2, 0.25) is 0 Å². The number of hydrogen-bond donors (Lipinski definition) is 0. The topological polar surface area (TPSA) is 50.5 Å². The van der Waals surface area contributed by atoms with Gasteiger partial charge in [0.25, 0.3) is 5.56 Å². The molecule has 0 unspecified atom stereocenters. The van der Waals surface area contributed by atoms with E-state index in [2.05, 4.69) is 53.1 Å². The monoisotopic (exact) mass is 328 g/mol. The third-order valence-electron chi connectivity index (χ3n) is 4.03. The van der Waals surface area contributed by atoms with Gasteiger partial charge >= 0.3 is 0 Å². The molecule has 3 rings (SSSR count). The van der Waals surface area contributed by atoms with Crippen LogP contribution in [0, 0.1) is 13.8 Å². The Morgan fingerprint density at radius 1 is 1.26 bits per heavy atom. The van der Waals surface area contributed by atoms with Crippen LogP contribution in [0.5, 0.6) is 0 Å². The lowest BCUT2D eigenvalue weighted by Gasteiger charge is -2.24. The fourth-order valence-electron chi connectivity index (χ4n) is 2.52. The molecule has 0 saturated carbocycles. The fourth-order valence-corrected chi connectivity index (χ4v) is 3.29. The molecule has 0 radical (unpaired) electrons. The van der Waals surface area contributed by atoms with E-state index in [1.165, 1.54) is 27.0 Å². The molecule has 6 heteroatoms. The number of aromatic nitrogens is 3. The molecule has 0 spiro atoms. The average molecular weight is 328 g/mol. The molecule has 2 aromatic heterocycles. The fraction of sp³-hybridized carbons (Fsp3) is 0.353. The Balaban J connectivity index is 1.83. The largest absolute Gasteiger partial charge is 0.294 e. The van der Waals surface area contributed by atoms with Gasteiger partial charge in [0.2, 0.25) is 4.96 Å². The van der Waals surface area contributed by atoms with Gasteiger partial charge in [-0.25, -0.2) is 4.98 Å². The number of aryl methyl sites for hydroxylation is 2. The highest BCUT2D eigenvalue weighted by atomic mass is 32.1. The van der Waals surface area contributed by atoms with Crippen LogP contribution in [-0.2, 0) is 6.54 Å². The molecule has 0 aliphatic heterocycles. The first-order chi connectivity index (χ1) is 10.9. The first-order valence-electron chi connectivity index (χ1n) is 7.57. The van der Waals surface area contributed by atoms with E-state index in [1.54, 1.807) is 6.07 Å². The van der Waals surface area contributed by atoms with Crippen LogP contribution in [0.4, 0.5) is 0 Å². The molecule has 0 aliphatic rings. The summed E-state index contributed by atoms with van der Waals surface area (Å²) in [5.41, 5.74) is 3.17. The van der Waals surface area contributed by atoms with Gasteiger partial charge in [-0.3, -0.25) is 9.69 Å². The van der Waals surface area contributed by atoms with Gasteiger partial charge in [-0.15, -0.1) is 0 Å². The van der Waals surface area contributed by atoms with E-state index in [0.29, 0.717) is 11.5 Å². The molecule has 3 aromatic rings. The van der Waals surface area contributed by atoms with Crippen molar-refractivity contribution in [2.45, 2.75) is 33.4 Å². The third kappa shape index (κ3) is 3.33. The molecule has 5 nitrogen and oxygen atoms in total. The Morgan fingerprint density at radius 3 is 2.65 bits per heavy atom. The molecule has 0 N–H and O–H groups in total. The molecule has 2 heterocycles. The van der Waals surface area contributed by atoms with Crippen molar-refractivity contribution in [1.29, 1.82) is 0 Å². The van der Waals surface area contributed by atoms with Crippen LogP contribution in [-0.4, -0.2) is 26.5 Å². The molecule has 120 valence electrons. The summed E-state index contributed by atoms with van der Waals surface area (Å²) in [7, 11) is 2.05. The molecule has 1 atom stereocenters. The molecule has 0 bridgehead atoms. The lowest BCUT2D eigenvalue weighted by molar-refractivity contribution is 0.250. The van der Waals surface area contributed by atoms with Crippen LogP contribution >= 0.6 is 11.3 Å². The Morgan fingerprint density at radius 2 is 1.96 bits per heavy atom. The third-order valence-corrected chi connectivity index (χ3v) is 4.86. The van der Waals surface area contributed by atoms with Crippen LogP contribution in [0.1, 0.15) is 34.8 Å². The van der Waals surface area contributed by atoms with Crippen molar-refractivity contribution in [3.63, 3.8) is 0 Å². The van der Waals surface area contributed by atoms with Crippen molar-refractivity contribution in [3.8, 4) is 0 Å². The maximum atomic E-state index is 12.1. The van der Waals surface area contributed by atoms with E-state index in [4.69, 9.17) is 0 Å².